The molecule has 1 N–H and O–H groups in total. The maximum Gasteiger partial charge on any atom is 0.0644 e. The van der Waals surface area contributed by atoms with Gasteiger partial charge in [0.15, 0.2) is 0 Å². The van der Waals surface area contributed by atoms with E-state index >= 15 is 0 Å². The van der Waals surface area contributed by atoms with Crippen molar-refractivity contribution >= 4 is 0 Å². The lowest BCUT2D eigenvalue weighted by molar-refractivity contribution is 0.0978. The molecule has 1 atom stereocenters. The van der Waals surface area contributed by atoms with Crippen molar-refractivity contribution in [3.63, 3.8) is 0 Å². The summed E-state index contributed by atoms with van der Waals surface area (Å²) in [6, 6.07) is 0. The van der Waals surface area contributed by atoms with Crippen molar-refractivity contribution in [2.75, 3.05) is 19.8 Å². The van der Waals surface area contributed by atoms with Crippen LogP contribution in [0.3, 0.4) is 0 Å². The van der Waals surface area contributed by atoms with Crippen molar-refractivity contribution in [3.05, 3.63) is 12.7 Å². The van der Waals surface area contributed by atoms with Crippen molar-refractivity contribution in [1.29, 1.82) is 0 Å². The fourth-order valence-corrected chi connectivity index (χ4v) is 0.405. The fraction of sp³-hybridized carbons (Fsp3) is 0.714. The van der Waals surface area contributed by atoms with E-state index in [-0.39, 0.29) is 12.5 Å². The Morgan fingerprint density at radius 3 is 2.89 bits per heavy atom. The van der Waals surface area contributed by atoms with Crippen LogP contribution < -0.4 is 0 Å². The molecule has 0 aliphatic heterocycles. The molecular weight excluding hydrogens is 116 g/mol. The van der Waals surface area contributed by atoms with Gasteiger partial charge in [0, 0.05) is 12.5 Å². The van der Waals surface area contributed by atoms with E-state index in [0.717, 1.165) is 0 Å². The Morgan fingerprint density at radius 1 is 1.78 bits per heavy atom. The zero-order chi connectivity index (χ0) is 7.11. The number of rotatable bonds is 5. The summed E-state index contributed by atoms with van der Waals surface area (Å²) in [6.45, 7) is 6.81. The Kier molecular flexibility index (Phi) is 5.57. The molecule has 0 radical (unpaired) electrons. The largest absolute Gasteiger partial charge is 0.396 e. The standard InChI is InChI=1S/C7H14O2/c1-3-4-9-6-7(2)5-8/h3,7-8H,1,4-6H2,2H3/t7-/m0/s1. The topological polar surface area (TPSA) is 29.5 Å². The van der Waals surface area contributed by atoms with Crippen LogP contribution in [-0.2, 0) is 4.74 Å². The van der Waals surface area contributed by atoms with Crippen LogP contribution in [0, 0.1) is 5.92 Å². The number of hydrogen-bond acceptors (Lipinski definition) is 2. The second-order valence-electron chi connectivity index (χ2n) is 2.11. The van der Waals surface area contributed by atoms with Gasteiger partial charge in [-0.2, -0.15) is 0 Å². The highest BCUT2D eigenvalue weighted by Crippen LogP contribution is 1.92. The second kappa shape index (κ2) is 5.79. The zero-order valence-electron chi connectivity index (χ0n) is 5.84. The molecule has 0 saturated heterocycles. The molecule has 0 heterocycles. The van der Waals surface area contributed by atoms with Gasteiger partial charge in [0.25, 0.3) is 0 Å². The summed E-state index contributed by atoms with van der Waals surface area (Å²) in [6.07, 6.45) is 1.70. The minimum atomic E-state index is 0.192. The molecule has 0 aromatic carbocycles. The van der Waals surface area contributed by atoms with Crippen molar-refractivity contribution < 1.29 is 9.84 Å². The molecule has 9 heavy (non-hydrogen) atoms. The van der Waals surface area contributed by atoms with E-state index in [0.29, 0.717) is 13.2 Å². The number of hydrogen-bond donors (Lipinski definition) is 1. The average molecular weight is 130 g/mol. The van der Waals surface area contributed by atoms with E-state index in [4.69, 9.17) is 9.84 Å². The summed E-state index contributed by atoms with van der Waals surface area (Å²) in [5.41, 5.74) is 0. The first kappa shape index (κ1) is 8.66. The lowest BCUT2D eigenvalue weighted by Gasteiger charge is -2.05. The van der Waals surface area contributed by atoms with Crippen LogP contribution in [0.1, 0.15) is 6.92 Å². The molecule has 0 aliphatic carbocycles. The SMILES string of the molecule is C=CCOC[C@@H](C)CO. The molecule has 0 aliphatic rings. The third-order valence-corrected chi connectivity index (χ3v) is 0.950. The predicted octanol–water partition coefficient (Wildman–Crippen LogP) is 0.817. The Bertz CT molecular complexity index is 71.3. The summed E-state index contributed by atoms with van der Waals surface area (Å²) in [5, 5.41) is 8.53. The van der Waals surface area contributed by atoms with Crippen LogP contribution in [0.15, 0.2) is 12.7 Å². The third-order valence-electron chi connectivity index (χ3n) is 0.950. The van der Waals surface area contributed by atoms with Crippen LogP contribution in [0.2, 0.25) is 0 Å². The quantitative estimate of drug-likeness (QED) is 0.441. The number of aliphatic hydroxyl groups is 1. The lowest BCUT2D eigenvalue weighted by Crippen LogP contribution is -2.09. The molecule has 0 fully saturated rings. The first-order valence-corrected chi connectivity index (χ1v) is 3.10. The van der Waals surface area contributed by atoms with Crippen molar-refractivity contribution in [3.8, 4) is 0 Å². The van der Waals surface area contributed by atoms with Gasteiger partial charge in [-0.15, -0.1) is 6.58 Å². The van der Waals surface area contributed by atoms with E-state index < -0.39 is 0 Å². The van der Waals surface area contributed by atoms with Gasteiger partial charge in [-0.25, -0.2) is 0 Å². The minimum Gasteiger partial charge on any atom is -0.396 e. The van der Waals surface area contributed by atoms with E-state index in [9.17, 15) is 0 Å². The van der Waals surface area contributed by atoms with Crippen molar-refractivity contribution in [1.82, 2.24) is 0 Å². The molecule has 2 heteroatoms. The van der Waals surface area contributed by atoms with Crippen LogP contribution in [0.25, 0.3) is 0 Å². The van der Waals surface area contributed by atoms with E-state index in [1.54, 1.807) is 6.08 Å². The van der Waals surface area contributed by atoms with Crippen molar-refractivity contribution in [2.24, 2.45) is 5.92 Å². The average Bonchev–Trinajstić information content (AvgIpc) is 1.89. The van der Waals surface area contributed by atoms with Gasteiger partial charge in [-0.1, -0.05) is 13.0 Å². The van der Waals surface area contributed by atoms with Crippen LogP contribution in [0.5, 0.6) is 0 Å². The summed E-state index contributed by atoms with van der Waals surface area (Å²) < 4.78 is 5.06. The highest BCUT2D eigenvalue weighted by atomic mass is 16.5. The summed E-state index contributed by atoms with van der Waals surface area (Å²) in [5.74, 6) is 0.241. The summed E-state index contributed by atoms with van der Waals surface area (Å²) in [7, 11) is 0. The van der Waals surface area contributed by atoms with Gasteiger partial charge in [0.05, 0.1) is 13.2 Å². The molecule has 0 rings (SSSR count). The molecule has 0 unspecified atom stereocenters. The molecule has 54 valence electrons. The van der Waals surface area contributed by atoms with Crippen molar-refractivity contribution in [2.45, 2.75) is 6.92 Å². The third kappa shape index (κ3) is 5.53. The molecule has 0 bridgehead atoms. The molecule has 0 saturated carbocycles. The fourth-order valence-electron chi connectivity index (χ4n) is 0.405. The van der Waals surface area contributed by atoms with Gasteiger partial charge < -0.3 is 9.84 Å². The Hall–Kier alpha value is -0.340. The Balaban J connectivity index is 2.96. The normalized spacial score (nSPS) is 13.1. The maximum absolute atomic E-state index is 8.53. The Morgan fingerprint density at radius 2 is 2.44 bits per heavy atom. The molecule has 0 aromatic heterocycles. The minimum absolute atomic E-state index is 0.192. The van der Waals surface area contributed by atoms with Crippen LogP contribution in [0.4, 0.5) is 0 Å². The highest BCUT2D eigenvalue weighted by molar-refractivity contribution is 4.64. The van der Waals surface area contributed by atoms with Gasteiger partial charge in [-0.05, 0) is 0 Å². The van der Waals surface area contributed by atoms with Crippen LogP contribution >= 0.6 is 0 Å². The van der Waals surface area contributed by atoms with E-state index in [1.165, 1.54) is 0 Å². The maximum atomic E-state index is 8.53. The molecule has 2 nitrogen and oxygen atoms in total. The first-order chi connectivity index (χ1) is 4.31. The molecule has 0 aromatic rings. The zero-order valence-corrected chi connectivity index (χ0v) is 5.84. The number of ether oxygens (including phenoxy) is 1. The van der Waals surface area contributed by atoms with Gasteiger partial charge >= 0.3 is 0 Å². The smallest absolute Gasteiger partial charge is 0.0644 e. The predicted molar refractivity (Wildman–Crippen MR) is 37.3 cm³/mol. The van der Waals surface area contributed by atoms with Crippen LogP contribution in [-0.4, -0.2) is 24.9 Å². The van der Waals surface area contributed by atoms with E-state index in [2.05, 4.69) is 6.58 Å². The highest BCUT2D eigenvalue weighted by Gasteiger charge is 1.96. The van der Waals surface area contributed by atoms with Gasteiger partial charge in [-0.3, -0.25) is 0 Å². The Labute approximate surface area is 56.1 Å². The second-order valence-corrected chi connectivity index (χ2v) is 2.11. The van der Waals surface area contributed by atoms with E-state index in [1.807, 2.05) is 6.92 Å². The molecule has 0 spiro atoms. The van der Waals surface area contributed by atoms with Gasteiger partial charge in [0.2, 0.25) is 0 Å². The monoisotopic (exact) mass is 130 g/mol. The summed E-state index contributed by atoms with van der Waals surface area (Å²) in [4.78, 5) is 0. The van der Waals surface area contributed by atoms with Gasteiger partial charge in [0.1, 0.15) is 0 Å². The molecular formula is C7H14O2. The lowest BCUT2D eigenvalue weighted by atomic mass is 10.2. The first-order valence-electron chi connectivity index (χ1n) is 3.10. The number of aliphatic hydroxyl groups excluding tert-OH is 1. The molecule has 0 amide bonds. The summed E-state index contributed by atoms with van der Waals surface area (Å²) >= 11 is 0.